The van der Waals surface area contributed by atoms with Crippen molar-refractivity contribution in [2.45, 2.75) is 57.9 Å². The fourth-order valence-corrected chi connectivity index (χ4v) is 6.69. The standard InChI is InChI=1S/C20H28N2O2/c1-18-8-14-9-19(2,11-18)13-20(10-14,12-18)22-17(23)21-15-5-4-6-16(7-15)24-3/h4-7,14H,8-13H2,1-3H3,(H2,21,22,23). The van der Waals surface area contributed by atoms with E-state index in [1.807, 2.05) is 24.3 Å². The summed E-state index contributed by atoms with van der Waals surface area (Å²) in [6.07, 6.45) is 7.38. The topological polar surface area (TPSA) is 50.4 Å². The zero-order valence-corrected chi connectivity index (χ0v) is 14.9. The molecule has 4 bridgehead atoms. The van der Waals surface area contributed by atoms with E-state index in [2.05, 4.69) is 24.5 Å². The Hall–Kier alpha value is -1.71. The van der Waals surface area contributed by atoms with Gasteiger partial charge in [0.25, 0.3) is 0 Å². The van der Waals surface area contributed by atoms with Crippen molar-refractivity contribution in [2.24, 2.45) is 16.7 Å². The molecule has 4 aliphatic rings. The summed E-state index contributed by atoms with van der Waals surface area (Å²) in [5.41, 5.74) is 1.55. The van der Waals surface area contributed by atoms with Gasteiger partial charge in [-0.25, -0.2) is 4.79 Å². The van der Waals surface area contributed by atoms with Crippen molar-refractivity contribution in [2.75, 3.05) is 12.4 Å². The minimum atomic E-state index is -0.0857. The van der Waals surface area contributed by atoms with Crippen molar-refractivity contribution >= 4 is 11.7 Å². The van der Waals surface area contributed by atoms with Gasteiger partial charge in [-0.3, -0.25) is 0 Å². The quantitative estimate of drug-likeness (QED) is 0.854. The first-order valence-electron chi connectivity index (χ1n) is 9.04. The van der Waals surface area contributed by atoms with Gasteiger partial charge in [0.05, 0.1) is 7.11 Å². The van der Waals surface area contributed by atoms with Crippen LogP contribution in [0.1, 0.15) is 52.4 Å². The Morgan fingerprint density at radius 2 is 1.83 bits per heavy atom. The average molecular weight is 328 g/mol. The molecule has 0 aliphatic heterocycles. The molecule has 4 aliphatic carbocycles. The van der Waals surface area contributed by atoms with Crippen LogP contribution in [0.3, 0.4) is 0 Å². The minimum Gasteiger partial charge on any atom is -0.497 e. The molecule has 2 N–H and O–H groups in total. The average Bonchev–Trinajstić information content (AvgIpc) is 2.42. The van der Waals surface area contributed by atoms with Gasteiger partial charge < -0.3 is 15.4 Å². The summed E-state index contributed by atoms with van der Waals surface area (Å²) in [6, 6.07) is 7.43. The molecule has 4 saturated carbocycles. The van der Waals surface area contributed by atoms with Crippen LogP contribution in [0.25, 0.3) is 0 Å². The van der Waals surface area contributed by atoms with Crippen LogP contribution in [-0.2, 0) is 0 Å². The number of carbonyl (C=O) groups excluding carboxylic acids is 1. The molecule has 0 aromatic heterocycles. The molecule has 0 saturated heterocycles. The Morgan fingerprint density at radius 1 is 1.12 bits per heavy atom. The van der Waals surface area contributed by atoms with Crippen LogP contribution in [0.5, 0.6) is 5.75 Å². The SMILES string of the molecule is COc1cccc(NC(=O)NC23CC4CC(C)(CC(C)(C4)C2)C3)c1. The lowest BCUT2D eigenvalue weighted by Crippen LogP contribution is -2.65. The number of amides is 2. The number of anilines is 1. The number of ether oxygens (including phenoxy) is 1. The molecule has 4 heteroatoms. The van der Waals surface area contributed by atoms with E-state index in [-0.39, 0.29) is 11.6 Å². The second kappa shape index (κ2) is 5.14. The Balaban J connectivity index is 1.49. The Morgan fingerprint density at radius 3 is 2.46 bits per heavy atom. The van der Waals surface area contributed by atoms with E-state index in [0.717, 1.165) is 36.6 Å². The van der Waals surface area contributed by atoms with Gasteiger partial charge in [-0.2, -0.15) is 0 Å². The first-order valence-corrected chi connectivity index (χ1v) is 9.04. The summed E-state index contributed by atoms with van der Waals surface area (Å²) >= 11 is 0. The smallest absolute Gasteiger partial charge is 0.319 e. The second-order valence-corrected chi connectivity index (χ2v) is 9.22. The maximum Gasteiger partial charge on any atom is 0.319 e. The summed E-state index contributed by atoms with van der Waals surface area (Å²) in [5.74, 6) is 1.52. The highest BCUT2D eigenvalue weighted by molar-refractivity contribution is 5.90. The molecular formula is C20H28N2O2. The molecule has 0 radical (unpaired) electrons. The van der Waals surface area contributed by atoms with Crippen LogP contribution < -0.4 is 15.4 Å². The van der Waals surface area contributed by atoms with Gasteiger partial charge in [-0.05, 0) is 67.4 Å². The largest absolute Gasteiger partial charge is 0.497 e. The van der Waals surface area contributed by atoms with Crippen molar-refractivity contribution in [1.82, 2.24) is 5.32 Å². The summed E-state index contributed by atoms with van der Waals surface area (Å²) in [4.78, 5) is 12.6. The van der Waals surface area contributed by atoms with Gasteiger partial charge in [0.2, 0.25) is 0 Å². The molecule has 2 amide bonds. The molecule has 2 atom stereocenters. The molecule has 4 fully saturated rings. The van der Waals surface area contributed by atoms with Gasteiger partial charge in [-0.15, -0.1) is 0 Å². The van der Waals surface area contributed by atoms with E-state index < -0.39 is 0 Å². The van der Waals surface area contributed by atoms with Crippen molar-refractivity contribution in [3.05, 3.63) is 24.3 Å². The summed E-state index contributed by atoms with van der Waals surface area (Å²) < 4.78 is 5.23. The number of nitrogens with one attached hydrogen (secondary N) is 2. The van der Waals surface area contributed by atoms with Crippen molar-refractivity contribution < 1.29 is 9.53 Å². The molecule has 0 spiro atoms. The summed E-state index contributed by atoms with van der Waals surface area (Å²) in [7, 11) is 1.63. The number of hydrogen-bond acceptors (Lipinski definition) is 2. The number of benzene rings is 1. The van der Waals surface area contributed by atoms with Crippen LogP contribution in [0.2, 0.25) is 0 Å². The fourth-order valence-electron chi connectivity index (χ4n) is 6.69. The molecule has 1 aromatic carbocycles. The molecule has 5 rings (SSSR count). The van der Waals surface area contributed by atoms with Crippen molar-refractivity contribution in [3.63, 3.8) is 0 Å². The number of methoxy groups -OCH3 is 1. The predicted molar refractivity (Wildman–Crippen MR) is 95.3 cm³/mol. The molecule has 2 unspecified atom stereocenters. The van der Waals surface area contributed by atoms with Crippen LogP contribution in [0, 0.1) is 16.7 Å². The van der Waals surface area contributed by atoms with E-state index in [0.29, 0.717) is 10.8 Å². The predicted octanol–water partition coefficient (Wildman–Crippen LogP) is 4.57. The number of carbonyl (C=O) groups is 1. The molecular weight excluding hydrogens is 300 g/mol. The van der Waals surface area contributed by atoms with Gasteiger partial charge in [0, 0.05) is 17.3 Å². The third kappa shape index (κ3) is 2.76. The third-order valence-electron chi connectivity index (χ3n) is 6.33. The first kappa shape index (κ1) is 15.8. The zero-order valence-electron chi connectivity index (χ0n) is 14.9. The van der Waals surface area contributed by atoms with Gasteiger partial charge in [0.1, 0.15) is 5.75 Å². The van der Waals surface area contributed by atoms with Gasteiger partial charge in [0.15, 0.2) is 0 Å². The lowest BCUT2D eigenvalue weighted by atomic mass is 9.43. The lowest BCUT2D eigenvalue weighted by Gasteiger charge is -2.65. The fraction of sp³-hybridized carbons (Fsp3) is 0.650. The number of urea groups is 1. The summed E-state index contributed by atoms with van der Waals surface area (Å²) in [6.45, 7) is 4.85. The second-order valence-electron chi connectivity index (χ2n) is 9.22. The Labute approximate surface area is 144 Å². The maximum absolute atomic E-state index is 12.6. The van der Waals surface area contributed by atoms with E-state index in [4.69, 9.17) is 4.74 Å². The first-order chi connectivity index (χ1) is 11.3. The lowest BCUT2D eigenvalue weighted by molar-refractivity contribution is -0.113. The van der Waals surface area contributed by atoms with Crippen LogP contribution >= 0.6 is 0 Å². The van der Waals surface area contributed by atoms with Crippen LogP contribution in [0.15, 0.2) is 24.3 Å². The molecule has 4 nitrogen and oxygen atoms in total. The maximum atomic E-state index is 12.6. The van der Waals surface area contributed by atoms with Gasteiger partial charge >= 0.3 is 6.03 Å². The monoisotopic (exact) mass is 328 g/mol. The van der Waals surface area contributed by atoms with E-state index >= 15 is 0 Å². The molecule has 24 heavy (non-hydrogen) atoms. The highest BCUT2D eigenvalue weighted by Crippen LogP contribution is 2.66. The summed E-state index contributed by atoms with van der Waals surface area (Å²) in [5, 5.41) is 6.36. The van der Waals surface area contributed by atoms with E-state index in [1.165, 1.54) is 19.3 Å². The van der Waals surface area contributed by atoms with Crippen molar-refractivity contribution in [3.8, 4) is 5.75 Å². The molecule has 1 aromatic rings. The Kier molecular flexibility index (Phi) is 3.38. The van der Waals surface area contributed by atoms with Crippen molar-refractivity contribution in [1.29, 1.82) is 0 Å². The van der Waals surface area contributed by atoms with Gasteiger partial charge in [-0.1, -0.05) is 19.9 Å². The van der Waals surface area contributed by atoms with E-state index in [9.17, 15) is 4.79 Å². The number of rotatable bonds is 3. The molecule has 130 valence electrons. The minimum absolute atomic E-state index is 0.0220. The normalized spacial score (nSPS) is 39.5. The molecule has 0 heterocycles. The Bertz CT molecular complexity index is 653. The van der Waals surface area contributed by atoms with E-state index in [1.54, 1.807) is 7.11 Å². The van der Waals surface area contributed by atoms with Crippen LogP contribution in [-0.4, -0.2) is 18.7 Å². The third-order valence-corrected chi connectivity index (χ3v) is 6.33. The number of hydrogen-bond donors (Lipinski definition) is 2. The highest BCUT2D eigenvalue weighted by atomic mass is 16.5. The highest BCUT2D eigenvalue weighted by Gasteiger charge is 2.60. The van der Waals surface area contributed by atoms with Crippen LogP contribution in [0.4, 0.5) is 10.5 Å². The zero-order chi connectivity index (χ0) is 17.0.